The molecule has 2 saturated heterocycles. The molecule has 1 aromatic heterocycles. The second kappa shape index (κ2) is 10.8. The van der Waals surface area contributed by atoms with Crippen molar-refractivity contribution < 1.29 is 19.1 Å². The number of piperidine rings is 1. The van der Waals surface area contributed by atoms with Gasteiger partial charge in [0.15, 0.2) is 6.61 Å². The van der Waals surface area contributed by atoms with Crippen LogP contribution >= 0.6 is 34.7 Å². The molecule has 1 N–H and O–H groups in total. The maximum atomic E-state index is 14.0. The fraction of sp³-hybridized carbons (Fsp3) is 0.455. The smallest absolute Gasteiger partial charge is 0.305 e. The highest BCUT2D eigenvalue weighted by Crippen LogP contribution is 2.69. The van der Waals surface area contributed by atoms with Gasteiger partial charge >= 0.3 is 4.87 Å². The van der Waals surface area contributed by atoms with Crippen LogP contribution in [0.4, 0.5) is 5.69 Å². The van der Waals surface area contributed by atoms with Crippen LogP contribution in [0.2, 0.25) is 5.02 Å². The number of aromatic amines is 1. The van der Waals surface area contributed by atoms with E-state index in [9.17, 15) is 19.2 Å². The summed E-state index contributed by atoms with van der Waals surface area (Å²) in [6.07, 6.45) is 3.93. The lowest BCUT2D eigenvalue weighted by atomic mass is 9.68. The van der Waals surface area contributed by atoms with Crippen LogP contribution < -0.4 is 14.5 Å². The Labute approximate surface area is 268 Å². The van der Waals surface area contributed by atoms with Crippen LogP contribution in [0.5, 0.6) is 5.75 Å². The van der Waals surface area contributed by atoms with E-state index < -0.39 is 5.92 Å². The normalized spacial score (nSPS) is 30.4. The molecule has 4 heterocycles. The summed E-state index contributed by atoms with van der Waals surface area (Å²) >= 11 is 9.43. The molecule has 2 saturated carbocycles. The predicted octanol–water partition coefficient (Wildman–Crippen LogP) is 5.47. The lowest BCUT2D eigenvalue weighted by Crippen LogP contribution is -2.43. The molecule has 2 bridgehead atoms. The van der Waals surface area contributed by atoms with Crippen LogP contribution in [0.15, 0.2) is 52.3 Å². The number of thioether (sulfide) groups is 1. The lowest BCUT2D eigenvalue weighted by molar-refractivity contribution is -0.134. The first-order valence-corrected chi connectivity index (χ1v) is 17.4. The van der Waals surface area contributed by atoms with E-state index >= 15 is 0 Å². The molecular weight excluding hydrogens is 618 g/mol. The summed E-state index contributed by atoms with van der Waals surface area (Å²) in [5.74, 6) is -0.764. The molecule has 8 nitrogen and oxygen atoms in total. The number of hydrogen-bond acceptors (Lipinski definition) is 7. The van der Waals surface area contributed by atoms with E-state index in [0.29, 0.717) is 16.5 Å². The quantitative estimate of drug-likeness (QED) is 0.368. The lowest BCUT2D eigenvalue weighted by Gasteiger charge is -2.43. The largest absolute Gasteiger partial charge is 0.483 e. The zero-order chi connectivity index (χ0) is 30.3. The third-order valence-electron chi connectivity index (χ3n) is 10.4. The molecule has 4 fully saturated rings. The number of nitrogens with one attached hydrogen (secondary N) is 1. The fourth-order valence-electron chi connectivity index (χ4n) is 8.58. The molecule has 3 aromatic rings. The SMILES string of the molecule is Cc1ccc(N2C(=O)C3C(C2=O)[C@@H]2C[C@H]3C3Sc4[nH]c(=O)sc4[C@H](c4cc(Cl)ccc4OCC(=O)N4CCCCC4)C32)cc1. The van der Waals surface area contributed by atoms with Gasteiger partial charge in [-0.2, -0.15) is 0 Å². The van der Waals surface area contributed by atoms with E-state index in [-0.39, 0.29) is 64.0 Å². The van der Waals surface area contributed by atoms with Crippen LogP contribution in [0.25, 0.3) is 0 Å². The van der Waals surface area contributed by atoms with Gasteiger partial charge in [-0.25, -0.2) is 0 Å². The second-order valence-electron chi connectivity index (χ2n) is 12.7. The number of anilines is 1. The molecule has 0 radical (unpaired) electrons. The maximum absolute atomic E-state index is 14.0. The molecule has 11 heteroatoms. The number of thiazole rings is 1. The number of aromatic nitrogens is 1. The minimum atomic E-state index is -0.403. The number of rotatable bonds is 5. The van der Waals surface area contributed by atoms with Gasteiger partial charge in [0, 0.05) is 39.7 Å². The molecule has 3 amide bonds. The van der Waals surface area contributed by atoms with Crippen molar-refractivity contribution in [1.82, 2.24) is 9.88 Å². The number of benzene rings is 2. The van der Waals surface area contributed by atoms with E-state index in [1.54, 1.807) is 17.8 Å². The number of carbonyl (C=O) groups excluding carboxylic acids is 3. The Kier molecular flexibility index (Phi) is 6.95. The van der Waals surface area contributed by atoms with E-state index in [1.807, 2.05) is 48.2 Å². The Balaban J connectivity index is 1.16. The average molecular weight is 650 g/mol. The number of nitrogens with zero attached hydrogens (tertiary/aromatic N) is 2. The number of aryl methyl sites for hydroxylation is 1. The minimum Gasteiger partial charge on any atom is -0.483 e. The predicted molar refractivity (Wildman–Crippen MR) is 170 cm³/mol. The molecule has 0 spiro atoms. The van der Waals surface area contributed by atoms with Crippen molar-refractivity contribution in [3.05, 3.63) is 73.2 Å². The van der Waals surface area contributed by atoms with E-state index in [1.165, 1.54) is 16.2 Å². The van der Waals surface area contributed by atoms with Crippen molar-refractivity contribution in [2.45, 2.75) is 48.8 Å². The molecule has 44 heavy (non-hydrogen) atoms. The highest BCUT2D eigenvalue weighted by molar-refractivity contribution is 8.00. The van der Waals surface area contributed by atoms with Gasteiger partial charge in [0.25, 0.3) is 5.91 Å². The topological polar surface area (TPSA) is 99.8 Å². The molecule has 228 valence electrons. The van der Waals surface area contributed by atoms with Gasteiger partial charge < -0.3 is 14.6 Å². The summed E-state index contributed by atoms with van der Waals surface area (Å²) in [7, 11) is 0. The third kappa shape index (κ3) is 4.39. The third-order valence-corrected chi connectivity index (χ3v) is 13.2. The molecule has 7 atom stereocenters. The summed E-state index contributed by atoms with van der Waals surface area (Å²) < 4.78 is 6.25. The van der Waals surface area contributed by atoms with E-state index in [0.717, 1.165) is 59.8 Å². The standard InChI is InChI=1S/C33H32ClN3O5S2/c1-16-5-8-18(9-6-16)37-31(39)26-20-14-21(27(26)32(37)40)28-25(20)24(29-30(43-28)35-33(41)44-29)19-13-17(34)7-10-22(19)42-15-23(38)36-11-3-2-4-12-36/h5-10,13,20-21,24-28H,2-4,11-12,14-15H2,1H3,(H,35,41)/t20-,21-,24-,25?,26?,27?,28?/m1/s1. The minimum absolute atomic E-state index is 0.00136. The van der Waals surface area contributed by atoms with Gasteiger partial charge in [-0.15, -0.1) is 11.8 Å². The number of halogens is 1. The van der Waals surface area contributed by atoms with Gasteiger partial charge in [-0.3, -0.25) is 24.1 Å². The van der Waals surface area contributed by atoms with Gasteiger partial charge in [-0.05, 0) is 80.7 Å². The number of amides is 3. The number of hydrogen-bond donors (Lipinski definition) is 1. The zero-order valence-electron chi connectivity index (χ0n) is 24.2. The average Bonchev–Trinajstić information content (AvgIpc) is 3.76. The molecule has 3 aliphatic heterocycles. The highest BCUT2D eigenvalue weighted by Gasteiger charge is 2.69. The van der Waals surface area contributed by atoms with Gasteiger partial charge in [0.1, 0.15) is 5.75 Å². The van der Waals surface area contributed by atoms with Crippen molar-refractivity contribution in [3.63, 3.8) is 0 Å². The number of likely N-dealkylation sites (tertiary alicyclic amines) is 1. The number of imide groups is 1. The van der Waals surface area contributed by atoms with Crippen molar-refractivity contribution in [2.75, 3.05) is 24.6 Å². The van der Waals surface area contributed by atoms with Crippen molar-refractivity contribution in [2.24, 2.45) is 29.6 Å². The van der Waals surface area contributed by atoms with Crippen LogP contribution in [-0.4, -0.2) is 52.6 Å². The van der Waals surface area contributed by atoms with E-state index in [2.05, 4.69) is 4.98 Å². The van der Waals surface area contributed by atoms with Crippen LogP contribution in [-0.2, 0) is 14.4 Å². The van der Waals surface area contributed by atoms with Gasteiger partial charge in [0.05, 0.1) is 22.5 Å². The summed E-state index contributed by atoms with van der Waals surface area (Å²) in [6.45, 7) is 3.40. The first-order valence-electron chi connectivity index (χ1n) is 15.3. The Bertz CT molecular complexity index is 1730. The Hall–Kier alpha value is -3.08. The van der Waals surface area contributed by atoms with Crippen molar-refractivity contribution >= 4 is 58.1 Å². The Morgan fingerprint density at radius 2 is 1.73 bits per heavy atom. The molecule has 8 rings (SSSR count). The highest BCUT2D eigenvalue weighted by atomic mass is 35.5. The number of ether oxygens (including phenoxy) is 1. The van der Waals surface area contributed by atoms with Gasteiger partial charge in [-0.1, -0.05) is 40.6 Å². The van der Waals surface area contributed by atoms with Gasteiger partial charge in [0.2, 0.25) is 11.8 Å². The molecular formula is C33H32ClN3O5S2. The first-order chi connectivity index (χ1) is 21.3. The first kappa shape index (κ1) is 28.4. The van der Waals surface area contributed by atoms with Crippen LogP contribution in [0.3, 0.4) is 0 Å². The second-order valence-corrected chi connectivity index (χ2v) is 15.4. The summed E-state index contributed by atoms with van der Waals surface area (Å²) in [6, 6.07) is 13.0. The Morgan fingerprint density at radius 3 is 2.48 bits per heavy atom. The van der Waals surface area contributed by atoms with Crippen LogP contribution in [0, 0.1) is 36.5 Å². The number of H-pyrrole nitrogens is 1. The zero-order valence-corrected chi connectivity index (χ0v) is 26.6. The number of fused-ring (bicyclic) bond motifs is 9. The molecule has 4 unspecified atom stereocenters. The molecule has 5 aliphatic rings. The van der Waals surface area contributed by atoms with Crippen LogP contribution in [0.1, 0.15) is 47.6 Å². The molecule has 2 aliphatic carbocycles. The number of carbonyl (C=O) groups is 3. The van der Waals surface area contributed by atoms with Crippen molar-refractivity contribution in [3.8, 4) is 5.75 Å². The monoisotopic (exact) mass is 649 g/mol. The molecule has 2 aromatic carbocycles. The summed E-state index contributed by atoms with van der Waals surface area (Å²) in [5.41, 5.74) is 2.52. The van der Waals surface area contributed by atoms with Crippen molar-refractivity contribution in [1.29, 1.82) is 0 Å². The fourth-order valence-corrected chi connectivity index (χ4v) is 11.6. The van der Waals surface area contributed by atoms with E-state index in [4.69, 9.17) is 16.3 Å². The summed E-state index contributed by atoms with van der Waals surface area (Å²) in [4.78, 5) is 60.8. The maximum Gasteiger partial charge on any atom is 0.305 e. The Morgan fingerprint density at radius 1 is 1.00 bits per heavy atom. The summed E-state index contributed by atoms with van der Waals surface area (Å²) in [5, 5.41) is 1.39.